The molecule has 11 heavy (non-hydrogen) atoms. The number of rotatable bonds is 4. The van der Waals surface area contributed by atoms with Gasteiger partial charge in [-0.15, -0.1) is 0 Å². The summed E-state index contributed by atoms with van der Waals surface area (Å²) in [6.07, 6.45) is -0.0810. The van der Waals surface area contributed by atoms with Crippen molar-refractivity contribution >= 4 is 10.1 Å². The summed E-state index contributed by atoms with van der Waals surface area (Å²) in [5, 5.41) is 7.13. The summed E-state index contributed by atoms with van der Waals surface area (Å²) in [4.78, 5) is 0. The van der Waals surface area contributed by atoms with E-state index in [1.54, 1.807) is 0 Å². The average Bonchev–Trinajstić information content (AvgIpc) is 1.80. The third kappa shape index (κ3) is 6.03. The zero-order valence-electron chi connectivity index (χ0n) is 6.36. The zero-order valence-corrected chi connectivity index (χ0v) is 9.17. The summed E-state index contributed by atoms with van der Waals surface area (Å²) in [5.41, 5.74) is 4.95. The van der Waals surface area contributed by atoms with Crippen LogP contribution in [0, 0.1) is 0 Å². The molecular formula is C4H10NNaO4S. The molecule has 0 saturated carbocycles. The van der Waals surface area contributed by atoms with Crippen LogP contribution < -0.4 is 35.3 Å². The van der Waals surface area contributed by atoms with Crippen molar-refractivity contribution in [1.29, 1.82) is 0 Å². The predicted octanol–water partition coefficient (Wildman–Crippen LogP) is -4.75. The summed E-state index contributed by atoms with van der Waals surface area (Å²) in [6, 6.07) is 0. The first kappa shape index (κ1) is 14.4. The van der Waals surface area contributed by atoms with Gasteiger partial charge in [0.1, 0.15) is 0 Å². The van der Waals surface area contributed by atoms with E-state index in [-0.39, 0.29) is 49.1 Å². The van der Waals surface area contributed by atoms with Crippen LogP contribution in [0.15, 0.2) is 0 Å². The van der Waals surface area contributed by atoms with E-state index in [1.807, 2.05) is 0 Å². The largest absolute Gasteiger partial charge is 1.00 e. The Morgan fingerprint density at radius 3 is 2.09 bits per heavy atom. The first-order valence-electron chi connectivity index (χ1n) is 2.78. The van der Waals surface area contributed by atoms with Gasteiger partial charge in [0.05, 0.1) is 15.4 Å². The number of aliphatic hydroxyl groups is 1. The molecule has 62 valence electrons. The van der Waals surface area contributed by atoms with Crippen LogP contribution in [-0.4, -0.2) is 36.5 Å². The maximum atomic E-state index is 10.2. The van der Waals surface area contributed by atoms with Crippen LogP contribution in [0.1, 0.15) is 6.42 Å². The summed E-state index contributed by atoms with van der Waals surface area (Å²) in [7, 11) is -4.31. The Morgan fingerprint density at radius 1 is 1.55 bits per heavy atom. The molecule has 0 aromatic carbocycles. The molecule has 3 N–H and O–H groups in total. The molecular weight excluding hydrogens is 181 g/mol. The van der Waals surface area contributed by atoms with Gasteiger partial charge in [-0.25, -0.2) is 8.42 Å². The molecule has 1 unspecified atom stereocenters. The van der Waals surface area contributed by atoms with Crippen molar-refractivity contribution in [2.24, 2.45) is 5.73 Å². The van der Waals surface area contributed by atoms with Gasteiger partial charge < -0.3 is 15.4 Å². The fourth-order valence-corrected chi connectivity index (χ4v) is 1.15. The van der Waals surface area contributed by atoms with E-state index in [1.165, 1.54) is 0 Å². The van der Waals surface area contributed by atoms with Crippen LogP contribution in [0.5, 0.6) is 0 Å². The van der Waals surface area contributed by atoms with Crippen LogP contribution in [0.3, 0.4) is 0 Å². The summed E-state index contributed by atoms with van der Waals surface area (Å²) in [5.74, 6) is 0. The van der Waals surface area contributed by atoms with Gasteiger partial charge >= 0.3 is 29.6 Å². The van der Waals surface area contributed by atoms with Crippen molar-refractivity contribution < 1.29 is 47.6 Å². The molecule has 0 aliphatic carbocycles. The van der Waals surface area contributed by atoms with Gasteiger partial charge in [-0.3, -0.25) is 0 Å². The molecule has 0 aliphatic heterocycles. The van der Waals surface area contributed by atoms with E-state index in [2.05, 4.69) is 0 Å². The molecule has 0 bridgehead atoms. The van der Waals surface area contributed by atoms with Gasteiger partial charge in [0.25, 0.3) is 0 Å². The molecule has 7 heteroatoms. The fraction of sp³-hybridized carbons (Fsp3) is 1.00. The second-order valence-corrected chi connectivity index (χ2v) is 3.52. The Balaban J connectivity index is 0. The van der Waals surface area contributed by atoms with Crippen LogP contribution in [0.25, 0.3) is 0 Å². The molecule has 0 saturated heterocycles. The average molecular weight is 191 g/mol. The van der Waals surface area contributed by atoms with E-state index in [0.29, 0.717) is 0 Å². The maximum Gasteiger partial charge on any atom is 1.00 e. The minimum atomic E-state index is -4.31. The van der Waals surface area contributed by atoms with Crippen molar-refractivity contribution in [3.05, 3.63) is 0 Å². The Labute approximate surface area is 88.0 Å². The molecule has 0 heterocycles. The molecule has 0 fully saturated rings. The van der Waals surface area contributed by atoms with E-state index in [9.17, 15) is 13.0 Å². The van der Waals surface area contributed by atoms with Crippen molar-refractivity contribution in [2.45, 2.75) is 11.7 Å². The Morgan fingerprint density at radius 2 is 2.00 bits per heavy atom. The van der Waals surface area contributed by atoms with E-state index in [4.69, 9.17) is 10.8 Å². The van der Waals surface area contributed by atoms with Gasteiger partial charge in [-0.2, -0.15) is 0 Å². The fourth-order valence-electron chi connectivity index (χ4n) is 0.524. The third-order valence-corrected chi connectivity index (χ3v) is 2.37. The van der Waals surface area contributed by atoms with Gasteiger partial charge in [0, 0.05) is 13.2 Å². The number of aliphatic hydroxyl groups excluding tert-OH is 1. The topological polar surface area (TPSA) is 103 Å². The predicted molar refractivity (Wildman–Crippen MR) is 34.2 cm³/mol. The van der Waals surface area contributed by atoms with Crippen molar-refractivity contribution in [3.63, 3.8) is 0 Å². The minimum absolute atomic E-state index is 0. The number of nitrogens with two attached hydrogens (primary N) is 1. The van der Waals surface area contributed by atoms with Crippen LogP contribution >= 0.6 is 0 Å². The number of hydrogen-bond acceptors (Lipinski definition) is 5. The molecule has 0 aromatic heterocycles. The molecule has 0 aliphatic rings. The van der Waals surface area contributed by atoms with Crippen molar-refractivity contribution in [1.82, 2.24) is 0 Å². The van der Waals surface area contributed by atoms with E-state index < -0.39 is 15.4 Å². The molecule has 0 spiro atoms. The molecule has 1 atom stereocenters. The zero-order chi connectivity index (χ0) is 8.20. The second-order valence-electron chi connectivity index (χ2n) is 1.86. The smallest absolute Gasteiger partial charge is 0.748 e. The van der Waals surface area contributed by atoms with Crippen molar-refractivity contribution in [3.8, 4) is 0 Å². The Kier molecular flexibility index (Phi) is 8.30. The standard InChI is InChI=1S/C4H11NO4S.Na/c5-3-4(1-2-6)10(7,8)9;/h4,6H,1-3,5H2,(H,7,8,9);/q;+1/p-1. The molecule has 5 nitrogen and oxygen atoms in total. The normalized spacial score (nSPS) is 13.7. The molecule has 0 amide bonds. The van der Waals surface area contributed by atoms with E-state index >= 15 is 0 Å². The molecule has 0 radical (unpaired) electrons. The van der Waals surface area contributed by atoms with Crippen LogP contribution in [-0.2, 0) is 10.1 Å². The van der Waals surface area contributed by atoms with Gasteiger partial charge in [-0.05, 0) is 6.42 Å². The Bertz CT molecular complexity index is 181. The first-order chi connectivity index (χ1) is 4.52. The third-order valence-electron chi connectivity index (χ3n) is 1.12. The number of hydrogen-bond donors (Lipinski definition) is 2. The van der Waals surface area contributed by atoms with Crippen LogP contribution in [0.4, 0.5) is 0 Å². The van der Waals surface area contributed by atoms with Crippen LogP contribution in [0.2, 0.25) is 0 Å². The van der Waals surface area contributed by atoms with Gasteiger partial charge in [-0.1, -0.05) is 0 Å². The van der Waals surface area contributed by atoms with Crippen molar-refractivity contribution in [2.75, 3.05) is 13.2 Å². The summed E-state index contributed by atoms with van der Waals surface area (Å²) in [6.45, 7) is -0.560. The van der Waals surface area contributed by atoms with Gasteiger partial charge in [0.15, 0.2) is 0 Å². The monoisotopic (exact) mass is 191 g/mol. The molecule has 0 rings (SSSR count). The quantitative estimate of drug-likeness (QED) is 0.343. The first-order valence-corrected chi connectivity index (χ1v) is 4.25. The maximum absolute atomic E-state index is 10.2. The summed E-state index contributed by atoms with van der Waals surface area (Å²) < 4.78 is 30.6. The van der Waals surface area contributed by atoms with E-state index in [0.717, 1.165) is 0 Å². The summed E-state index contributed by atoms with van der Waals surface area (Å²) >= 11 is 0. The SMILES string of the molecule is NCC(CCO)S(=O)(=O)[O-].[Na+]. The molecule has 0 aromatic rings. The van der Waals surface area contributed by atoms with Gasteiger partial charge in [0.2, 0.25) is 0 Å². The minimum Gasteiger partial charge on any atom is -0.748 e. The Hall–Kier alpha value is 0.830. The second kappa shape index (κ2) is 6.36.